The van der Waals surface area contributed by atoms with Crippen LogP contribution in [0, 0.1) is 0 Å². The molecule has 0 saturated carbocycles. The van der Waals surface area contributed by atoms with Crippen molar-refractivity contribution in [3.8, 4) is 0 Å². The average molecular weight is 184 g/mol. The number of fused-ring (bicyclic) bond motifs is 2. The summed E-state index contributed by atoms with van der Waals surface area (Å²) in [6.07, 6.45) is 1.35. The van der Waals surface area contributed by atoms with E-state index in [0.717, 1.165) is 17.8 Å². The second-order valence-electron chi connectivity index (χ2n) is 3.29. The molecule has 2 unspecified atom stereocenters. The topological polar surface area (TPSA) is 52.0 Å². The van der Waals surface area contributed by atoms with E-state index in [4.69, 9.17) is 5.53 Å². The van der Waals surface area contributed by atoms with Crippen molar-refractivity contribution in [1.82, 2.24) is 4.90 Å². The number of rotatable bonds is 3. The zero-order valence-electron chi connectivity index (χ0n) is 6.89. The number of likely N-dealkylation sites (tertiary alicyclic amines) is 1. The maximum absolute atomic E-state index is 8.11. The first-order chi connectivity index (χ1) is 5.90. The lowest BCUT2D eigenvalue weighted by molar-refractivity contribution is 0.277. The summed E-state index contributed by atoms with van der Waals surface area (Å²) < 4.78 is 0. The van der Waals surface area contributed by atoms with Crippen LogP contribution in [-0.2, 0) is 0 Å². The number of nitrogens with zero attached hydrogens (tertiary/aromatic N) is 4. The van der Waals surface area contributed by atoms with E-state index < -0.39 is 0 Å². The Bertz CT molecular complexity index is 213. The lowest BCUT2D eigenvalue weighted by Crippen LogP contribution is -2.35. The maximum atomic E-state index is 8.11. The summed E-state index contributed by atoms with van der Waals surface area (Å²) in [5.74, 6) is 1.28. The van der Waals surface area contributed by atoms with Crippen molar-refractivity contribution >= 4 is 11.8 Å². The molecule has 0 aliphatic carbocycles. The van der Waals surface area contributed by atoms with Crippen LogP contribution in [0.4, 0.5) is 0 Å². The Balaban J connectivity index is 1.79. The predicted octanol–water partition coefficient (Wildman–Crippen LogP) is 1.49. The standard InChI is InChI=1S/C7H12N4S/c8-10-9-1-2-11-4-7-3-6(11)5-12-7/h6-7H,1-5H2. The van der Waals surface area contributed by atoms with Gasteiger partial charge in [0.2, 0.25) is 0 Å². The molecule has 0 aromatic rings. The Morgan fingerprint density at radius 3 is 3.17 bits per heavy atom. The van der Waals surface area contributed by atoms with Gasteiger partial charge in [-0.2, -0.15) is 11.8 Å². The Kier molecular flexibility index (Phi) is 2.44. The number of thioether (sulfide) groups is 1. The first-order valence-corrected chi connectivity index (χ1v) is 5.31. The van der Waals surface area contributed by atoms with Gasteiger partial charge in [0, 0.05) is 41.6 Å². The summed E-state index contributed by atoms with van der Waals surface area (Å²) in [6.45, 7) is 2.78. The molecule has 2 rings (SSSR count). The van der Waals surface area contributed by atoms with Crippen LogP contribution in [0.2, 0.25) is 0 Å². The van der Waals surface area contributed by atoms with Crippen molar-refractivity contribution in [3.05, 3.63) is 10.4 Å². The summed E-state index contributed by atoms with van der Waals surface area (Å²) in [7, 11) is 0. The van der Waals surface area contributed by atoms with E-state index in [1.54, 1.807) is 0 Å². The van der Waals surface area contributed by atoms with Gasteiger partial charge in [-0.3, -0.25) is 4.90 Å². The van der Waals surface area contributed by atoms with Crippen LogP contribution in [0.15, 0.2) is 5.11 Å². The van der Waals surface area contributed by atoms with E-state index in [9.17, 15) is 0 Å². The van der Waals surface area contributed by atoms with Gasteiger partial charge >= 0.3 is 0 Å². The lowest BCUT2D eigenvalue weighted by atomic mass is 10.2. The van der Waals surface area contributed by atoms with Crippen LogP contribution in [0.3, 0.4) is 0 Å². The minimum absolute atomic E-state index is 0.629. The average Bonchev–Trinajstić information content (AvgIpc) is 2.65. The maximum Gasteiger partial charge on any atom is 0.0385 e. The highest BCUT2D eigenvalue weighted by Crippen LogP contribution is 2.36. The Morgan fingerprint density at radius 2 is 2.58 bits per heavy atom. The summed E-state index contributed by atoms with van der Waals surface area (Å²) in [5, 5.41) is 4.41. The monoisotopic (exact) mass is 184 g/mol. The van der Waals surface area contributed by atoms with Gasteiger partial charge in [-0.15, -0.1) is 0 Å². The first kappa shape index (κ1) is 8.23. The molecule has 66 valence electrons. The summed E-state index contributed by atoms with van der Waals surface area (Å²) in [4.78, 5) is 5.21. The fourth-order valence-corrected chi connectivity index (χ4v) is 3.47. The van der Waals surface area contributed by atoms with E-state index in [2.05, 4.69) is 26.7 Å². The minimum Gasteiger partial charge on any atom is -0.298 e. The van der Waals surface area contributed by atoms with Gasteiger partial charge in [-0.25, -0.2) is 0 Å². The molecule has 2 saturated heterocycles. The highest BCUT2D eigenvalue weighted by atomic mass is 32.2. The van der Waals surface area contributed by atoms with Crippen molar-refractivity contribution in [2.24, 2.45) is 5.11 Å². The molecule has 2 aliphatic heterocycles. The van der Waals surface area contributed by atoms with Gasteiger partial charge in [-0.1, -0.05) is 5.11 Å². The molecule has 0 amide bonds. The van der Waals surface area contributed by atoms with Gasteiger partial charge < -0.3 is 0 Å². The molecule has 0 aromatic carbocycles. The number of hydrogen-bond acceptors (Lipinski definition) is 3. The van der Waals surface area contributed by atoms with Crippen molar-refractivity contribution in [2.75, 3.05) is 25.4 Å². The number of hydrogen-bond donors (Lipinski definition) is 0. The smallest absolute Gasteiger partial charge is 0.0385 e. The molecule has 4 nitrogen and oxygen atoms in total. The third-order valence-corrected chi connectivity index (χ3v) is 3.95. The van der Waals surface area contributed by atoms with Gasteiger partial charge in [0.1, 0.15) is 0 Å². The molecule has 0 aromatic heterocycles. The summed E-state index contributed by atoms with van der Waals surface area (Å²) >= 11 is 2.09. The molecule has 2 aliphatic rings. The van der Waals surface area contributed by atoms with Crippen molar-refractivity contribution in [1.29, 1.82) is 0 Å². The molecule has 2 fully saturated rings. The van der Waals surface area contributed by atoms with Crippen LogP contribution < -0.4 is 0 Å². The minimum atomic E-state index is 0.629. The van der Waals surface area contributed by atoms with Gasteiger partial charge in [0.15, 0.2) is 0 Å². The van der Waals surface area contributed by atoms with Crippen LogP contribution in [0.5, 0.6) is 0 Å². The van der Waals surface area contributed by atoms with E-state index in [-0.39, 0.29) is 0 Å². The van der Waals surface area contributed by atoms with Crippen molar-refractivity contribution in [3.63, 3.8) is 0 Å². The van der Waals surface area contributed by atoms with Crippen molar-refractivity contribution < 1.29 is 0 Å². The molecule has 12 heavy (non-hydrogen) atoms. The highest BCUT2D eigenvalue weighted by Gasteiger charge is 2.37. The molecule has 0 spiro atoms. The Labute approximate surface area is 75.9 Å². The lowest BCUT2D eigenvalue weighted by Gasteiger charge is -2.25. The van der Waals surface area contributed by atoms with E-state index >= 15 is 0 Å². The van der Waals surface area contributed by atoms with E-state index in [1.165, 1.54) is 18.7 Å². The van der Waals surface area contributed by atoms with Crippen LogP contribution in [0.1, 0.15) is 6.42 Å². The molecule has 5 heteroatoms. The van der Waals surface area contributed by atoms with E-state index in [1.807, 2.05) is 0 Å². The normalized spacial score (nSPS) is 33.7. The Hall–Kier alpha value is -0.380. The quantitative estimate of drug-likeness (QED) is 0.379. The second-order valence-corrected chi connectivity index (χ2v) is 4.63. The zero-order valence-corrected chi connectivity index (χ0v) is 7.70. The van der Waals surface area contributed by atoms with Crippen molar-refractivity contribution in [2.45, 2.75) is 17.7 Å². The third-order valence-electron chi connectivity index (χ3n) is 2.56. The van der Waals surface area contributed by atoms with Crippen LogP contribution in [0.25, 0.3) is 10.4 Å². The fourth-order valence-electron chi connectivity index (χ4n) is 1.97. The van der Waals surface area contributed by atoms with E-state index in [0.29, 0.717) is 6.54 Å². The van der Waals surface area contributed by atoms with Gasteiger partial charge in [-0.05, 0) is 12.0 Å². The number of azide groups is 1. The fraction of sp³-hybridized carbons (Fsp3) is 1.00. The SMILES string of the molecule is [N-]=[N+]=NCCN1CC2CC1CS2. The largest absolute Gasteiger partial charge is 0.298 e. The highest BCUT2D eigenvalue weighted by molar-refractivity contribution is 8.00. The molecular formula is C7H12N4S. The van der Waals surface area contributed by atoms with Gasteiger partial charge in [0.05, 0.1) is 0 Å². The molecule has 2 heterocycles. The van der Waals surface area contributed by atoms with Crippen LogP contribution in [-0.4, -0.2) is 41.6 Å². The van der Waals surface area contributed by atoms with Gasteiger partial charge in [0.25, 0.3) is 0 Å². The molecule has 0 N–H and O–H groups in total. The first-order valence-electron chi connectivity index (χ1n) is 4.26. The third kappa shape index (κ3) is 1.53. The molecule has 2 bridgehead atoms. The zero-order chi connectivity index (χ0) is 8.39. The van der Waals surface area contributed by atoms with Crippen LogP contribution >= 0.6 is 11.8 Å². The molecule has 2 atom stereocenters. The Morgan fingerprint density at radius 1 is 1.67 bits per heavy atom. The second kappa shape index (κ2) is 3.56. The summed E-state index contributed by atoms with van der Waals surface area (Å²) in [5.41, 5.74) is 8.11. The molecular weight excluding hydrogens is 172 g/mol. The summed E-state index contributed by atoms with van der Waals surface area (Å²) in [6, 6.07) is 0.772. The molecule has 0 radical (unpaired) electrons. The predicted molar refractivity (Wildman–Crippen MR) is 50.2 cm³/mol.